The van der Waals surface area contributed by atoms with Gasteiger partial charge in [0.05, 0.1) is 17.2 Å². The molecule has 0 atom stereocenters. The topological polar surface area (TPSA) is 44.1 Å². The molecule has 0 spiro atoms. The van der Waals surface area contributed by atoms with E-state index in [1.807, 2.05) is 36.4 Å². The average molecular weight is 408 g/mol. The molecular formula is C17H14FIN2O. The number of benzene rings is 2. The van der Waals surface area contributed by atoms with Crippen molar-refractivity contribution in [3.63, 3.8) is 0 Å². The van der Waals surface area contributed by atoms with E-state index >= 15 is 0 Å². The zero-order valence-electron chi connectivity index (χ0n) is 12.2. The first-order valence-corrected chi connectivity index (χ1v) is 7.80. The lowest BCUT2D eigenvalue weighted by Gasteiger charge is -2.27. The molecule has 2 aromatic rings. The predicted octanol–water partition coefficient (Wildman–Crippen LogP) is 4.36. The van der Waals surface area contributed by atoms with Crippen LogP contribution in [0.25, 0.3) is 0 Å². The highest BCUT2D eigenvalue weighted by Gasteiger charge is 2.23. The van der Waals surface area contributed by atoms with Gasteiger partial charge in [-0.1, -0.05) is 6.07 Å². The molecule has 0 saturated heterocycles. The fraction of sp³-hybridized carbons (Fsp3) is 0.176. The fourth-order valence-corrected chi connectivity index (χ4v) is 2.88. The van der Waals surface area contributed by atoms with E-state index in [0.29, 0.717) is 20.4 Å². The number of hydrogen-bond acceptors (Lipinski definition) is 2. The molecule has 2 aromatic carbocycles. The molecule has 2 rings (SSSR count). The Kier molecular flexibility index (Phi) is 5.14. The smallest absolute Gasteiger partial charge is 0.259 e. The van der Waals surface area contributed by atoms with Gasteiger partial charge in [-0.15, -0.1) is 0 Å². The van der Waals surface area contributed by atoms with Gasteiger partial charge in [0, 0.05) is 15.3 Å². The quantitative estimate of drug-likeness (QED) is 0.709. The van der Waals surface area contributed by atoms with Gasteiger partial charge in [0.1, 0.15) is 5.82 Å². The molecule has 0 fully saturated rings. The highest BCUT2D eigenvalue weighted by molar-refractivity contribution is 14.1. The molecule has 0 unspecified atom stereocenters. The van der Waals surface area contributed by atoms with Crippen LogP contribution in [0, 0.1) is 20.7 Å². The van der Waals surface area contributed by atoms with E-state index in [4.69, 9.17) is 5.26 Å². The zero-order chi connectivity index (χ0) is 16.3. The second kappa shape index (κ2) is 6.88. The summed E-state index contributed by atoms with van der Waals surface area (Å²) in [4.78, 5) is 14.4. The maximum absolute atomic E-state index is 13.2. The van der Waals surface area contributed by atoms with E-state index in [9.17, 15) is 9.18 Å². The van der Waals surface area contributed by atoms with Crippen molar-refractivity contribution in [1.82, 2.24) is 0 Å². The van der Waals surface area contributed by atoms with Crippen molar-refractivity contribution in [1.29, 1.82) is 5.26 Å². The Morgan fingerprint density at radius 1 is 1.27 bits per heavy atom. The minimum atomic E-state index is -0.372. The third-order valence-corrected chi connectivity index (χ3v) is 4.04. The number of nitriles is 1. The number of rotatable bonds is 3. The molecule has 0 bridgehead atoms. The maximum atomic E-state index is 13.2. The first-order valence-electron chi connectivity index (χ1n) is 6.73. The molecule has 5 heteroatoms. The number of halogens is 2. The summed E-state index contributed by atoms with van der Waals surface area (Å²) in [7, 11) is 0. The third-order valence-electron chi connectivity index (χ3n) is 3.15. The van der Waals surface area contributed by atoms with Gasteiger partial charge in [-0.2, -0.15) is 5.26 Å². The van der Waals surface area contributed by atoms with Crippen molar-refractivity contribution < 1.29 is 9.18 Å². The number of nitrogens with zero attached hydrogens (tertiary/aromatic N) is 2. The standard InChI is InChI=1S/C17H14FIN2O/c1-11(2)21(14-5-3-4-12(8-14)10-20)17(22)15-7-6-13(18)9-16(15)19/h3-9,11H,1-2H3. The molecule has 0 aliphatic heterocycles. The highest BCUT2D eigenvalue weighted by Crippen LogP contribution is 2.24. The predicted molar refractivity (Wildman–Crippen MR) is 92.2 cm³/mol. The third kappa shape index (κ3) is 3.45. The minimum Gasteiger partial charge on any atom is -0.306 e. The van der Waals surface area contributed by atoms with Gasteiger partial charge < -0.3 is 4.90 Å². The van der Waals surface area contributed by atoms with Crippen molar-refractivity contribution in [2.45, 2.75) is 19.9 Å². The first kappa shape index (κ1) is 16.4. The maximum Gasteiger partial charge on any atom is 0.259 e. The number of amides is 1. The van der Waals surface area contributed by atoms with Crippen LogP contribution in [0.5, 0.6) is 0 Å². The average Bonchev–Trinajstić information content (AvgIpc) is 2.47. The molecule has 3 nitrogen and oxygen atoms in total. The van der Waals surface area contributed by atoms with E-state index < -0.39 is 0 Å². The molecule has 0 heterocycles. The summed E-state index contributed by atoms with van der Waals surface area (Å²) in [5.41, 5.74) is 1.59. The van der Waals surface area contributed by atoms with E-state index in [2.05, 4.69) is 6.07 Å². The second-order valence-corrected chi connectivity index (χ2v) is 6.22. The molecule has 0 aromatic heterocycles. The Morgan fingerprint density at radius 3 is 2.59 bits per heavy atom. The van der Waals surface area contributed by atoms with Crippen LogP contribution in [0.2, 0.25) is 0 Å². The van der Waals surface area contributed by atoms with E-state index in [1.165, 1.54) is 18.2 Å². The van der Waals surface area contributed by atoms with Gasteiger partial charge in [-0.25, -0.2) is 4.39 Å². The molecule has 0 aliphatic rings. The first-order chi connectivity index (χ1) is 10.4. The SMILES string of the molecule is CC(C)N(C(=O)c1ccc(F)cc1I)c1cccc(C#N)c1. The molecule has 0 aliphatic carbocycles. The van der Waals surface area contributed by atoms with Crippen LogP contribution in [0.15, 0.2) is 42.5 Å². The summed E-state index contributed by atoms with van der Waals surface area (Å²) in [6.07, 6.45) is 0. The van der Waals surface area contributed by atoms with Gasteiger partial charge >= 0.3 is 0 Å². The molecule has 0 N–H and O–H groups in total. The van der Waals surface area contributed by atoms with Gasteiger partial charge in [0.2, 0.25) is 0 Å². The summed E-state index contributed by atoms with van der Waals surface area (Å²) >= 11 is 1.95. The van der Waals surface area contributed by atoms with E-state index in [-0.39, 0.29) is 17.8 Å². The van der Waals surface area contributed by atoms with Gasteiger partial charge in [0.25, 0.3) is 5.91 Å². The van der Waals surface area contributed by atoms with Gasteiger partial charge in [0.15, 0.2) is 0 Å². The number of hydrogen-bond donors (Lipinski definition) is 0. The highest BCUT2D eigenvalue weighted by atomic mass is 127. The van der Waals surface area contributed by atoms with Crippen molar-refractivity contribution in [2.24, 2.45) is 0 Å². The lowest BCUT2D eigenvalue weighted by molar-refractivity contribution is 0.0979. The molecule has 112 valence electrons. The molecule has 0 saturated carbocycles. The summed E-state index contributed by atoms with van der Waals surface area (Å²) in [6, 6.07) is 13.0. The van der Waals surface area contributed by atoms with Crippen LogP contribution in [0.1, 0.15) is 29.8 Å². The van der Waals surface area contributed by atoms with Gasteiger partial charge in [-0.3, -0.25) is 4.79 Å². The largest absolute Gasteiger partial charge is 0.306 e. The lowest BCUT2D eigenvalue weighted by atomic mass is 10.1. The van der Waals surface area contributed by atoms with Gasteiger partial charge in [-0.05, 0) is 72.8 Å². The summed E-state index contributed by atoms with van der Waals surface area (Å²) in [5, 5.41) is 9.02. The van der Waals surface area contributed by atoms with Crippen LogP contribution in [-0.4, -0.2) is 11.9 Å². The molecule has 22 heavy (non-hydrogen) atoms. The number of carbonyl (C=O) groups is 1. The minimum absolute atomic E-state index is 0.0951. The number of anilines is 1. The van der Waals surface area contributed by atoms with E-state index in [1.54, 1.807) is 29.2 Å². The van der Waals surface area contributed by atoms with Crippen molar-refractivity contribution >= 4 is 34.2 Å². The Bertz CT molecular complexity index is 753. The molecule has 0 radical (unpaired) electrons. The zero-order valence-corrected chi connectivity index (χ0v) is 14.3. The van der Waals surface area contributed by atoms with Crippen molar-refractivity contribution in [3.8, 4) is 6.07 Å². The van der Waals surface area contributed by atoms with E-state index in [0.717, 1.165) is 0 Å². The van der Waals surface area contributed by atoms with Crippen LogP contribution in [0.3, 0.4) is 0 Å². The second-order valence-electron chi connectivity index (χ2n) is 5.06. The Hall–Kier alpha value is -1.94. The van der Waals surface area contributed by atoms with Crippen LogP contribution in [-0.2, 0) is 0 Å². The Balaban J connectivity index is 2.47. The summed E-state index contributed by atoms with van der Waals surface area (Å²) in [6.45, 7) is 3.79. The van der Waals surface area contributed by atoms with Crippen molar-refractivity contribution in [3.05, 3.63) is 63.0 Å². The van der Waals surface area contributed by atoms with Crippen LogP contribution in [0.4, 0.5) is 10.1 Å². The molecule has 1 amide bonds. The van der Waals surface area contributed by atoms with Crippen LogP contribution >= 0.6 is 22.6 Å². The summed E-state index contributed by atoms with van der Waals surface area (Å²) in [5.74, 6) is -0.585. The van der Waals surface area contributed by atoms with Crippen LogP contribution < -0.4 is 4.90 Å². The normalized spacial score (nSPS) is 10.4. The fourth-order valence-electron chi connectivity index (χ4n) is 2.17. The van der Waals surface area contributed by atoms with Crippen molar-refractivity contribution in [2.75, 3.05) is 4.90 Å². The monoisotopic (exact) mass is 408 g/mol. The number of carbonyl (C=O) groups excluding carboxylic acids is 1. The Labute approximate surface area is 142 Å². The Morgan fingerprint density at radius 2 is 2.00 bits per heavy atom. The lowest BCUT2D eigenvalue weighted by Crippen LogP contribution is -2.37. The molecular weight excluding hydrogens is 394 g/mol. The summed E-state index contributed by atoms with van der Waals surface area (Å²) < 4.78 is 13.8.